The van der Waals surface area contributed by atoms with Crippen molar-refractivity contribution in [1.29, 1.82) is 0 Å². The van der Waals surface area contributed by atoms with E-state index < -0.39 is 0 Å². The molecule has 0 radical (unpaired) electrons. The molecule has 0 unspecified atom stereocenters. The molecule has 0 bridgehead atoms. The largest absolute Gasteiger partial charge is 0.262 e. The van der Waals surface area contributed by atoms with E-state index in [1.165, 1.54) is 18.4 Å². The minimum Gasteiger partial charge on any atom is -0.262 e. The van der Waals surface area contributed by atoms with Crippen molar-refractivity contribution >= 4 is 6.21 Å². The Balaban J connectivity index is 3.98. The Kier molecular flexibility index (Phi) is 7.27. The summed E-state index contributed by atoms with van der Waals surface area (Å²) in [6, 6.07) is 0. The number of unbranched alkanes of at least 4 members (excludes halogenated alkanes) is 1. The lowest BCUT2D eigenvalue weighted by atomic mass is 10.1. The molecule has 0 spiro atoms. The van der Waals surface area contributed by atoms with E-state index in [9.17, 15) is 0 Å². The van der Waals surface area contributed by atoms with Crippen LogP contribution in [0, 0.1) is 0 Å². The SMILES string of the molecule is C=C(CC)/N=C\C(=C/C)CCCC. The lowest BCUT2D eigenvalue weighted by Gasteiger charge is -1.99. The van der Waals surface area contributed by atoms with Crippen LogP contribution in [0.5, 0.6) is 0 Å². The van der Waals surface area contributed by atoms with Gasteiger partial charge in [0.2, 0.25) is 0 Å². The average Bonchev–Trinajstić information content (AvgIpc) is 2.17. The van der Waals surface area contributed by atoms with Crippen molar-refractivity contribution in [2.45, 2.75) is 46.5 Å². The van der Waals surface area contributed by atoms with Gasteiger partial charge in [-0.15, -0.1) is 0 Å². The average molecular weight is 179 g/mol. The second-order valence-corrected chi connectivity index (χ2v) is 3.15. The van der Waals surface area contributed by atoms with Crippen molar-refractivity contribution in [3.05, 3.63) is 23.9 Å². The molecule has 0 saturated carbocycles. The van der Waals surface area contributed by atoms with Crippen LogP contribution in [-0.4, -0.2) is 6.21 Å². The zero-order chi connectivity index (χ0) is 10.1. The van der Waals surface area contributed by atoms with Gasteiger partial charge in [-0.25, -0.2) is 0 Å². The first-order valence-corrected chi connectivity index (χ1v) is 5.11. The summed E-state index contributed by atoms with van der Waals surface area (Å²) in [5, 5.41) is 0. The van der Waals surface area contributed by atoms with Gasteiger partial charge in [-0.05, 0) is 31.8 Å². The summed E-state index contributed by atoms with van der Waals surface area (Å²) in [7, 11) is 0. The number of rotatable bonds is 6. The molecule has 1 heteroatoms. The third-order valence-electron chi connectivity index (χ3n) is 2.01. The van der Waals surface area contributed by atoms with E-state index in [0.29, 0.717) is 0 Å². The van der Waals surface area contributed by atoms with E-state index in [4.69, 9.17) is 0 Å². The minimum atomic E-state index is 0.932. The second kappa shape index (κ2) is 7.78. The lowest BCUT2D eigenvalue weighted by molar-refractivity contribution is 0.803. The highest BCUT2D eigenvalue weighted by Crippen LogP contribution is 2.06. The van der Waals surface area contributed by atoms with Crippen LogP contribution in [0.3, 0.4) is 0 Å². The molecule has 0 aliphatic heterocycles. The van der Waals surface area contributed by atoms with Gasteiger partial charge in [0.05, 0.1) is 0 Å². The molecular weight excluding hydrogens is 158 g/mol. The third-order valence-corrected chi connectivity index (χ3v) is 2.01. The lowest BCUT2D eigenvalue weighted by Crippen LogP contribution is -1.86. The van der Waals surface area contributed by atoms with E-state index in [1.54, 1.807) is 0 Å². The van der Waals surface area contributed by atoms with Crippen LogP contribution in [0.4, 0.5) is 0 Å². The summed E-state index contributed by atoms with van der Waals surface area (Å²) in [4.78, 5) is 4.28. The van der Waals surface area contributed by atoms with E-state index in [2.05, 4.69) is 38.4 Å². The molecule has 0 atom stereocenters. The van der Waals surface area contributed by atoms with Gasteiger partial charge in [0.1, 0.15) is 0 Å². The van der Waals surface area contributed by atoms with Crippen molar-refractivity contribution in [2.24, 2.45) is 4.99 Å². The summed E-state index contributed by atoms with van der Waals surface area (Å²) in [5.41, 5.74) is 2.27. The Bertz CT molecular complexity index is 199. The fourth-order valence-electron chi connectivity index (χ4n) is 0.930. The van der Waals surface area contributed by atoms with Crippen molar-refractivity contribution in [2.75, 3.05) is 0 Å². The predicted octanol–water partition coefficient (Wildman–Crippen LogP) is 4.12. The number of hydrogen-bond donors (Lipinski definition) is 0. The predicted molar refractivity (Wildman–Crippen MR) is 61.2 cm³/mol. The molecule has 0 aliphatic carbocycles. The van der Waals surface area contributed by atoms with E-state index in [1.807, 2.05) is 6.21 Å². The minimum absolute atomic E-state index is 0.932. The van der Waals surface area contributed by atoms with Crippen molar-refractivity contribution in [3.8, 4) is 0 Å². The number of allylic oxidation sites excluding steroid dienone is 3. The van der Waals surface area contributed by atoms with Gasteiger partial charge >= 0.3 is 0 Å². The molecule has 0 aromatic carbocycles. The van der Waals surface area contributed by atoms with Crippen molar-refractivity contribution < 1.29 is 0 Å². The van der Waals surface area contributed by atoms with Gasteiger partial charge in [0.25, 0.3) is 0 Å². The molecule has 0 fully saturated rings. The second-order valence-electron chi connectivity index (χ2n) is 3.15. The Morgan fingerprint density at radius 3 is 2.54 bits per heavy atom. The van der Waals surface area contributed by atoms with Gasteiger partial charge in [-0.2, -0.15) is 0 Å². The third kappa shape index (κ3) is 6.32. The quantitative estimate of drug-likeness (QED) is 0.544. The molecule has 0 aromatic heterocycles. The molecule has 74 valence electrons. The Morgan fingerprint density at radius 1 is 1.38 bits per heavy atom. The number of hydrogen-bond acceptors (Lipinski definition) is 1. The van der Waals surface area contributed by atoms with Crippen LogP contribution >= 0.6 is 0 Å². The van der Waals surface area contributed by atoms with Gasteiger partial charge in [0, 0.05) is 11.9 Å². The first-order valence-electron chi connectivity index (χ1n) is 5.11. The molecule has 1 nitrogen and oxygen atoms in total. The molecule has 0 amide bonds. The molecular formula is C12H21N. The van der Waals surface area contributed by atoms with Crippen LogP contribution in [0.15, 0.2) is 28.9 Å². The van der Waals surface area contributed by atoms with Crippen LogP contribution in [0.2, 0.25) is 0 Å². The van der Waals surface area contributed by atoms with E-state index >= 15 is 0 Å². The summed E-state index contributed by atoms with van der Waals surface area (Å²) in [6.45, 7) is 10.2. The molecule has 0 rings (SSSR count). The van der Waals surface area contributed by atoms with Crippen molar-refractivity contribution in [3.63, 3.8) is 0 Å². The van der Waals surface area contributed by atoms with Crippen LogP contribution in [-0.2, 0) is 0 Å². The molecule has 13 heavy (non-hydrogen) atoms. The van der Waals surface area contributed by atoms with Crippen LogP contribution in [0.25, 0.3) is 0 Å². The van der Waals surface area contributed by atoms with Crippen molar-refractivity contribution in [1.82, 2.24) is 0 Å². The fraction of sp³-hybridized carbons (Fsp3) is 0.583. The topological polar surface area (TPSA) is 12.4 Å². The Hall–Kier alpha value is -0.850. The van der Waals surface area contributed by atoms with Gasteiger partial charge in [-0.1, -0.05) is 32.9 Å². The standard InChI is InChI=1S/C12H21N/c1-5-8-9-12(7-3)10-13-11(4)6-2/h7,10H,4-6,8-9H2,1-3H3/b12-7-,13-10-. The first kappa shape index (κ1) is 12.2. The maximum atomic E-state index is 4.28. The van der Waals surface area contributed by atoms with Gasteiger partial charge in [-0.3, -0.25) is 4.99 Å². The van der Waals surface area contributed by atoms with Crippen LogP contribution in [0.1, 0.15) is 46.5 Å². The van der Waals surface area contributed by atoms with E-state index in [0.717, 1.165) is 18.5 Å². The maximum absolute atomic E-state index is 4.28. The first-order chi connectivity index (χ1) is 6.24. The normalized spacial score (nSPS) is 12.4. The summed E-state index contributed by atoms with van der Waals surface area (Å²) in [6.07, 6.45) is 8.61. The van der Waals surface area contributed by atoms with Gasteiger partial charge < -0.3 is 0 Å². The summed E-state index contributed by atoms with van der Waals surface area (Å²) in [5.74, 6) is 0. The Morgan fingerprint density at radius 2 is 2.08 bits per heavy atom. The maximum Gasteiger partial charge on any atom is 0.0329 e. The molecule has 0 aromatic rings. The summed E-state index contributed by atoms with van der Waals surface area (Å²) >= 11 is 0. The number of aliphatic imine (C=N–C) groups is 1. The highest BCUT2D eigenvalue weighted by Gasteiger charge is 1.91. The highest BCUT2D eigenvalue weighted by molar-refractivity contribution is 5.79. The molecule has 0 saturated heterocycles. The highest BCUT2D eigenvalue weighted by atomic mass is 14.7. The zero-order valence-electron chi connectivity index (χ0n) is 9.14. The monoisotopic (exact) mass is 179 g/mol. The molecule has 0 heterocycles. The Labute approximate surface area is 82.3 Å². The molecule has 0 N–H and O–H groups in total. The van der Waals surface area contributed by atoms with Crippen LogP contribution < -0.4 is 0 Å². The molecule has 0 aliphatic rings. The van der Waals surface area contributed by atoms with E-state index in [-0.39, 0.29) is 0 Å². The fourth-order valence-corrected chi connectivity index (χ4v) is 0.930. The number of nitrogens with zero attached hydrogens (tertiary/aromatic N) is 1. The summed E-state index contributed by atoms with van der Waals surface area (Å²) < 4.78 is 0. The zero-order valence-corrected chi connectivity index (χ0v) is 9.14. The smallest absolute Gasteiger partial charge is 0.0329 e. The van der Waals surface area contributed by atoms with Gasteiger partial charge in [0.15, 0.2) is 0 Å².